The summed E-state index contributed by atoms with van der Waals surface area (Å²) >= 11 is 0. The van der Waals surface area contributed by atoms with Gasteiger partial charge in [0.05, 0.1) is 0 Å². The minimum absolute atomic E-state index is 0.229. The monoisotopic (exact) mass is 669 g/mol. The fourth-order valence-corrected chi connectivity index (χ4v) is 10.3. The third-order valence-corrected chi connectivity index (χ3v) is 17.7. The Hall–Kier alpha value is -3.95. The minimum Gasteiger partial charge on any atom is -0.417 e. The van der Waals surface area contributed by atoms with E-state index in [1.807, 2.05) is 60.7 Å². The molecule has 0 fully saturated rings. The zero-order valence-electron chi connectivity index (χ0n) is 29.0. The summed E-state index contributed by atoms with van der Waals surface area (Å²) in [7, 11) is -5.02. The van der Waals surface area contributed by atoms with Crippen molar-refractivity contribution in [3.8, 4) is 11.1 Å². The third kappa shape index (κ3) is 6.80. The zero-order chi connectivity index (χ0) is 33.8. The third-order valence-electron chi connectivity index (χ3n) is 10.1. The van der Waals surface area contributed by atoms with Gasteiger partial charge in [0.2, 0.25) is 0 Å². The SMILES string of the molecule is CC(C)(C)[Si](C)(C)OCCCCCNc1ccc2ccccc2c1-c1c(P(=O)(c2ccccc2)c2ccccc2)ccc2ccccc12. The van der Waals surface area contributed by atoms with Crippen LogP contribution in [-0.4, -0.2) is 21.5 Å². The number of benzene rings is 6. The lowest BCUT2D eigenvalue weighted by molar-refractivity contribution is 0.278. The number of fused-ring (bicyclic) bond motifs is 2. The Morgan fingerprint density at radius 2 is 1.12 bits per heavy atom. The van der Waals surface area contributed by atoms with Crippen molar-refractivity contribution in [2.45, 2.75) is 58.2 Å². The van der Waals surface area contributed by atoms with Crippen LogP contribution in [0.1, 0.15) is 40.0 Å². The first-order chi connectivity index (χ1) is 23.1. The molecule has 6 aromatic carbocycles. The molecule has 0 spiro atoms. The molecule has 48 heavy (non-hydrogen) atoms. The van der Waals surface area contributed by atoms with Crippen LogP contribution in [0.3, 0.4) is 0 Å². The average Bonchev–Trinajstić information content (AvgIpc) is 3.10. The van der Waals surface area contributed by atoms with E-state index in [0.29, 0.717) is 0 Å². The van der Waals surface area contributed by atoms with Crippen molar-refractivity contribution in [3.05, 3.63) is 133 Å². The van der Waals surface area contributed by atoms with Crippen molar-refractivity contribution in [1.29, 1.82) is 0 Å². The van der Waals surface area contributed by atoms with Gasteiger partial charge in [-0.25, -0.2) is 0 Å². The maximum Gasteiger partial charge on any atom is 0.191 e. The van der Waals surface area contributed by atoms with Crippen LogP contribution < -0.4 is 21.2 Å². The van der Waals surface area contributed by atoms with Crippen LogP contribution in [0.4, 0.5) is 5.69 Å². The summed E-state index contributed by atoms with van der Waals surface area (Å²) in [5.41, 5.74) is 3.20. The van der Waals surface area contributed by atoms with Crippen LogP contribution in [-0.2, 0) is 8.99 Å². The zero-order valence-corrected chi connectivity index (χ0v) is 30.9. The van der Waals surface area contributed by atoms with Gasteiger partial charge in [-0.1, -0.05) is 142 Å². The van der Waals surface area contributed by atoms with Crippen LogP contribution in [0.5, 0.6) is 0 Å². The molecule has 0 amide bonds. The molecule has 0 unspecified atom stereocenters. The summed E-state index contributed by atoms with van der Waals surface area (Å²) in [6.45, 7) is 13.2. The molecule has 0 heterocycles. The molecule has 0 atom stereocenters. The van der Waals surface area contributed by atoms with E-state index in [9.17, 15) is 0 Å². The van der Waals surface area contributed by atoms with Crippen molar-refractivity contribution in [1.82, 2.24) is 0 Å². The number of hydrogen-bond donors (Lipinski definition) is 1. The van der Waals surface area contributed by atoms with Crippen LogP contribution in [0.25, 0.3) is 32.7 Å². The second-order valence-electron chi connectivity index (χ2n) is 14.3. The molecule has 0 saturated heterocycles. The fourth-order valence-electron chi connectivity index (χ4n) is 6.35. The van der Waals surface area contributed by atoms with Crippen LogP contribution in [0.2, 0.25) is 18.1 Å². The number of nitrogens with one attached hydrogen (secondary N) is 1. The Kier molecular flexibility index (Phi) is 10.1. The van der Waals surface area contributed by atoms with Crippen LogP contribution in [0.15, 0.2) is 133 Å². The highest BCUT2D eigenvalue weighted by atomic mass is 31.2. The quantitative estimate of drug-likeness (QED) is 0.0801. The molecule has 6 aromatic rings. The number of rotatable bonds is 12. The van der Waals surface area contributed by atoms with Gasteiger partial charge < -0.3 is 14.3 Å². The van der Waals surface area contributed by atoms with E-state index in [1.54, 1.807) is 0 Å². The molecule has 0 radical (unpaired) electrons. The summed E-state index contributed by atoms with van der Waals surface area (Å²) < 4.78 is 22.4. The molecular weight excluding hydrogens is 622 g/mol. The van der Waals surface area contributed by atoms with Gasteiger partial charge in [0.1, 0.15) is 0 Å². The highest BCUT2D eigenvalue weighted by Gasteiger charge is 2.37. The highest BCUT2D eigenvalue weighted by Crippen LogP contribution is 2.49. The lowest BCUT2D eigenvalue weighted by Crippen LogP contribution is -2.40. The van der Waals surface area contributed by atoms with Crippen molar-refractivity contribution >= 4 is 58.6 Å². The van der Waals surface area contributed by atoms with E-state index in [4.69, 9.17) is 4.43 Å². The molecule has 246 valence electrons. The van der Waals surface area contributed by atoms with Crippen molar-refractivity contribution < 1.29 is 8.99 Å². The smallest absolute Gasteiger partial charge is 0.191 e. The van der Waals surface area contributed by atoms with Gasteiger partial charge >= 0.3 is 0 Å². The van der Waals surface area contributed by atoms with Crippen molar-refractivity contribution in [2.24, 2.45) is 0 Å². The summed E-state index contributed by atoms with van der Waals surface area (Å²) in [6.07, 6.45) is 3.20. The van der Waals surface area contributed by atoms with Crippen LogP contribution in [0, 0.1) is 0 Å². The van der Waals surface area contributed by atoms with Gasteiger partial charge in [0, 0.05) is 45.9 Å². The maximum atomic E-state index is 16.0. The Morgan fingerprint density at radius 1 is 0.604 bits per heavy atom. The molecule has 6 rings (SSSR count). The number of anilines is 1. The van der Waals surface area contributed by atoms with Gasteiger partial charge in [-0.15, -0.1) is 0 Å². The van der Waals surface area contributed by atoms with E-state index in [0.717, 1.165) is 86.7 Å². The fraction of sp³-hybridized carbons (Fsp3) is 0.256. The van der Waals surface area contributed by atoms with Gasteiger partial charge in [0.15, 0.2) is 15.5 Å². The molecule has 0 bridgehead atoms. The van der Waals surface area contributed by atoms with Crippen molar-refractivity contribution in [2.75, 3.05) is 18.5 Å². The van der Waals surface area contributed by atoms with E-state index in [2.05, 4.69) is 112 Å². The molecule has 0 aliphatic heterocycles. The molecule has 3 nitrogen and oxygen atoms in total. The Balaban J connectivity index is 1.44. The molecule has 1 N–H and O–H groups in total. The number of hydrogen-bond acceptors (Lipinski definition) is 3. The largest absolute Gasteiger partial charge is 0.417 e. The molecule has 0 aromatic heterocycles. The Morgan fingerprint density at radius 3 is 1.71 bits per heavy atom. The first-order valence-corrected chi connectivity index (χ1v) is 21.9. The molecule has 0 saturated carbocycles. The Labute approximate surface area is 287 Å². The van der Waals surface area contributed by atoms with E-state index < -0.39 is 15.5 Å². The topological polar surface area (TPSA) is 38.3 Å². The first-order valence-electron chi connectivity index (χ1n) is 17.2. The normalized spacial score (nSPS) is 12.4. The van der Waals surface area contributed by atoms with Gasteiger partial charge in [-0.2, -0.15) is 0 Å². The summed E-state index contributed by atoms with van der Waals surface area (Å²) in [5.74, 6) is 0. The Bertz CT molecular complexity index is 2010. The molecule has 0 aliphatic rings. The predicted octanol–water partition coefficient (Wildman–Crippen LogP) is 10.9. The first kappa shape index (κ1) is 33.9. The summed E-state index contributed by atoms with van der Waals surface area (Å²) in [6, 6.07) is 45.8. The van der Waals surface area contributed by atoms with Crippen LogP contribution >= 0.6 is 7.14 Å². The second-order valence-corrected chi connectivity index (χ2v) is 21.8. The van der Waals surface area contributed by atoms with E-state index in [1.165, 1.54) is 0 Å². The highest BCUT2D eigenvalue weighted by molar-refractivity contribution is 7.85. The van der Waals surface area contributed by atoms with Crippen molar-refractivity contribution in [3.63, 3.8) is 0 Å². The molecule has 5 heteroatoms. The number of unbranched alkanes of at least 4 members (excludes halogenated alkanes) is 2. The van der Waals surface area contributed by atoms with E-state index >= 15 is 4.57 Å². The lowest BCUT2D eigenvalue weighted by atomic mass is 9.92. The summed E-state index contributed by atoms with van der Waals surface area (Å²) in [4.78, 5) is 0. The lowest BCUT2D eigenvalue weighted by Gasteiger charge is -2.36. The standard InChI is InChI=1S/C43H48NO2PSi/c1-43(2,3)48(4,5)46-32-18-8-17-31-44-39-29-27-33-19-13-15-25-37(33)41(39)42-38-26-16-14-20-34(38)28-30-40(42)47(45,35-21-9-6-10-22-35)36-23-11-7-12-24-36/h6-7,9-16,19-30,44H,8,17-18,31-32H2,1-5H3. The van der Waals surface area contributed by atoms with Gasteiger partial charge in [0.25, 0.3) is 0 Å². The van der Waals surface area contributed by atoms with E-state index in [-0.39, 0.29) is 5.04 Å². The molecular formula is C43H48NO2PSi. The minimum atomic E-state index is -3.29. The second kappa shape index (κ2) is 14.3. The summed E-state index contributed by atoms with van der Waals surface area (Å²) in [5, 5.41) is 11.1. The predicted molar refractivity (Wildman–Crippen MR) is 212 cm³/mol. The molecule has 0 aliphatic carbocycles. The maximum absolute atomic E-state index is 16.0. The van der Waals surface area contributed by atoms with Gasteiger partial charge in [-0.05, 0) is 71.1 Å². The van der Waals surface area contributed by atoms with Gasteiger partial charge in [-0.3, -0.25) is 0 Å². The average molecular weight is 670 g/mol.